The number of carbonyl (C=O) groups is 2. The summed E-state index contributed by atoms with van der Waals surface area (Å²) >= 11 is 1.83. The second-order valence-electron chi connectivity index (χ2n) is 9.67. The van der Waals surface area contributed by atoms with Gasteiger partial charge in [0.2, 0.25) is 18.0 Å². The van der Waals surface area contributed by atoms with Crippen LogP contribution >= 0.6 is 11.8 Å². The summed E-state index contributed by atoms with van der Waals surface area (Å²) in [5.74, 6) is 0.463. The first-order valence-corrected chi connectivity index (χ1v) is 14.1. The number of amides is 1. The molecule has 1 amide bonds. The Kier molecular flexibility index (Phi) is 7.40. The maximum Gasteiger partial charge on any atom is 0.510 e. The number of carbonyl (C=O) groups excluding carboxylic acids is 2. The number of benzene rings is 2. The number of pyridine rings is 1. The Morgan fingerprint density at radius 3 is 2.77 bits per heavy atom. The maximum absolute atomic E-state index is 13.9. The number of fused-ring (bicyclic) bond motifs is 6. The lowest BCUT2D eigenvalue weighted by Crippen LogP contribution is -2.66. The van der Waals surface area contributed by atoms with E-state index in [1.807, 2.05) is 11.8 Å². The summed E-state index contributed by atoms with van der Waals surface area (Å²) in [7, 11) is 1.17. The average molecular weight is 564 g/mol. The Morgan fingerprint density at radius 1 is 1.10 bits per heavy atom. The number of methoxy groups -OCH3 is 1. The fourth-order valence-electron chi connectivity index (χ4n) is 5.51. The zero-order valence-electron chi connectivity index (χ0n) is 22.0. The number of hydrogen-bond acceptors (Lipinski definition) is 9. The van der Waals surface area contributed by atoms with Gasteiger partial charge in [0.1, 0.15) is 6.17 Å². The van der Waals surface area contributed by atoms with E-state index in [4.69, 9.17) is 14.2 Å². The second-order valence-corrected chi connectivity index (χ2v) is 10.8. The highest BCUT2D eigenvalue weighted by molar-refractivity contribution is 7.99. The third-order valence-corrected chi connectivity index (χ3v) is 8.37. The Morgan fingerprint density at radius 2 is 1.93 bits per heavy atom. The highest BCUT2D eigenvalue weighted by Gasteiger charge is 2.45. The molecule has 10 nitrogen and oxygen atoms in total. The Hall–Kier alpha value is -3.96. The van der Waals surface area contributed by atoms with Gasteiger partial charge >= 0.3 is 6.16 Å². The van der Waals surface area contributed by atoms with Gasteiger partial charge in [-0.15, -0.1) is 11.8 Å². The van der Waals surface area contributed by atoms with E-state index in [1.54, 1.807) is 15.8 Å². The third kappa shape index (κ3) is 4.90. The maximum atomic E-state index is 13.9. The zero-order chi connectivity index (χ0) is 27.6. The number of hydrogen-bond donors (Lipinski definition) is 0. The van der Waals surface area contributed by atoms with Crippen LogP contribution in [0.15, 0.2) is 70.5 Å². The van der Waals surface area contributed by atoms with Crippen LogP contribution in [0.5, 0.6) is 5.75 Å². The van der Waals surface area contributed by atoms with Gasteiger partial charge in [-0.1, -0.05) is 36.4 Å². The molecule has 4 heterocycles. The molecule has 6 rings (SSSR count). The van der Waals surface area contributed by atoms with Gasteiger partial charge in [-0.3, -0.25) is 19.3 Å². The number of aromatic nitrogens is 1. The van der Waals surface area contributed by atoms with E-state index >= 15 is 0 Å². The second kappa shape index (κ2) is 11.3. The predicted molar refractivity (Wildman–Crippen MR) is 147 cm³/mol. The quantitative estimate of drug-likeness (QED) is 0.349. The Balaban J connectivity index is 1.54. The molecule has 0 saturated carbocycles. The monoisotopic (exact) mass is 563 g/mol. The lowest BCUT2D eigenvalue weighted by molar-refractivity contribution is -0.0208. The molecule has 0 aliphatic carbocycles. The molecule has 208 valence electrons. The van der Waals surface area contributed by atoms with Gasteiger partial charge in [0.25, 0.3) is 5.91 Å². The van der Waals surface area contributed by atoms with Crippen LogP contribution in [-0.2, 0) is 20.6 Å². The van der Waals surface area contributed by atoms with Gasteiger partial charge in [0.15, 0.2) is 5.69 Å². The molecular weight excluding hydrogens is 534 g/mol. The van der Waals surface area contributed by atoms with Crippen LogP contribution in [0.3, 0.4) is 0 Å². The molecule has 3 aromatic rings. The molecule has 0 N–H and O–H groups in total. The molecule has 11 heteroatoms. The molecular formula is C29H29N3O7S. The van der Waals surface area contributed by atoms with Crippen LogP contribution in [-0.4, -0.2) is 67.2 Å². The third-order valence-electron chi connectivity index (χ3n) is 7.29. The first kappa shape index (κ1) is 26.3. The zero-order valence-corrected chi connectivity index (χ0v) is 22.8. The highest BCUT2D eigenvalue weighted by Crippen LogP contribution is 2.38. The highest BCUT2D eigenvalue weighted by atomic mass is 32.2. The van der Waals surface area contributed by atoms with E-state index in [0.717, 1.165) is 29.7 Å². The van der Waals surface area contributed by atoms with Crippen molar-refractivity contribution in [3.8, 4) is 5.75 Å². The fourth-order valence-corrected chi connectivity index (χ4v) is 6.43. The van der Waals surface area contributed by atoms with E-state index in [9.17, 15) is 14.4 Å². The van der Waals surface area contributed by atoms with Gasteiger partial charge in [-0.25, -0.2) is 4.79 Å². The van der Waals surface area contributed by atoms with Crippen LogP contribution in [0.25, 0.3) is 0 Å². The summed E-state index contributed by atoms with van der Waals surface area (Å²) in [4.78, 5) is 41.3. The van der Waals surface area contributed by atoms with Crippen molar-refractivity contribution in [2.24, 2.45) is 0 Å². The summed E-state index contributed by atoms with van der Waals surface area (Å²) in [6.07, 6.45) is 2.22. The van der Waals surface area contributed by atoms with E-state index < -0.39 is 24.5 Å². The number of rotatable bonds is 4. The Labute approximate surface area is 235 Å². The van der Waals surface area contributed by atoms with Crippen molar-refractivity contribution in [2.45, 2.75) is 29.9 Å². The van der Waals surface area contributed by atoms with Gasteiger partial charge in [-0.05, 0) is 47.4 Å². The molecule has 3 aliphatic rings. The molecule has 0 spiro atoms. The molecule has 2 atom stereocenters. The summed E-state index contributed by atoms with van der Waals surface area (Å²) in [5.41, 5.74) is 2.91. The molecule has 40 heavy (non-hydrogen) atoms. The van der Waals surface area contributed by atoms with Crippen molar-refractivity contribution >= 4 is 23.8 Å². The number of nitrogens with zero attached hydrogens (tertiary/aromatic N) is 3. The minimum Gasteiger partial charge on any atom is -0.451 e. The molecule has 1 fully saturated rings. The fraction of sp³-hybridized carbons (Fsp3) is 0.345. The SMILES string of the molecule is COC(=O)OCOc1c2n(ccc1=O)N(C1c3cccc(c3)CCCSc3cccc1c3)C1COCCN1C2=O. The molecule has 3 aliphatic heterocycles. The van der Waals surface area contributed by atoms with E-state index in [-0.39, 0.29) is 23.4 Å². The summed E-state index contributed by atoms with van der Waals surface area (Å²) in [6, 6.07) is 18.0. The Bertz CT molecular complexity index is 1440. The minimum absolute atomic E-state index is 0.0649. The lowest BCUT2D eigenvalue weighted by atomic mass is 9.94. The largest absolute Gasteiger partial charge is 0.510 e. The number of thioether (sulfide) groups is 1. The summed E-state index contributed by atoms with van der Waals surface area (Å²) in [6.45, 7) is 0.442. The van der Waals surface area contributed by atoms with Crippen LogP contribution in [0.4, 0.5) is 4.79 Å². The van der Waals surface area contributed by atoms with Crippen molar-refractivity contribution < 1.29 is 28.5 Å². The summed E-state index contributed by atoms with van der Waals surface area (Å²) < 4.78 is 22.6. The van der Waals surface area contributed by atoms with Crippen molar-refractivity contribution in [3.63, 3.8) is 0 Å². The average Bonchev–Trinajstić information content (AvgIpc) is 2.99. The molecule has 4 bridgehead atoms. The van der Waals surface area contributed by atoms with Gasteiger partial charge in [0, 0.05) is 23.7 Å². The predicted octanol–water partition coefficient (Wildman–Crippen LogP) is 3.55. The van der Waals surface area contributed by atoms with Gasteiger partial charge < -0.3 is 23.8 Å². The molecule has 2 aromatic carbocycles. The molecule has 1 aromatic heterocycles. The topological polar surface area (TPSA) is 99.5 Å². The molecule has 0 radical (unpaired) electrons. The lowest BCUT2D eigenvalue weighted by Gasteiger charge is -2.51. The van der Waals surface area contributed by atoms with Crippen LogP contribution in [0, 0.1) is 0 Å². The first-order chi connectivity index (χ1) is 19.5. The van der Waals surface area contributed by atoms with Gasteiger partial charge in [0.05, 0.1) is 26.4 Å². The number of ether oxygens (including phenoxy) is 4. The molecule has 2 unspecified atom stereocenters. The van der Waals surface area contributed by atoms with Crippen LogP contribution < -0.4 is 15.2 Å². The van der Waals surface area contributed by atoms with Crippen molar-refractivity contribution in [1.82, 2.24) is 9.58 Å². The van der Waals surface area contributed by atoms with Crippen molar-refractivity contribution in [3.05, 3.63) is 93.4 Å². The smallest absolute Gasteiger partial charge is 0.451 e. The van der Waals surface area contributed by atoms with Crippen LogP contribution in [0.2, 0.25) is 0 Å². The van der Waals surface area contributed by atoms with E-state index in [0.29, 0.717) is 19.8 Å². The van der Waals surface area contributed by atoms with E-state index in [2.05, 4.69) is 58.3 Å². The van der Waals surface area contributed by atoms with Crippen molar-refractivity contribution in [1.29, 1.82) is 0 Å². The normalized spacial score (nSPS) is 20.1. The molecule has 1 saturated heterocycles. The minimum atomic E-state index is -0.957. The summed E-state index contributed by atoms with van der Waals surface area (Å²) in [5, 5.41) is 2.09. The number of morpholine rings is 1. The van der Waals surface area contributed by atoms with Crippen molar-refractivity contribution in [2.75, 3.05) is 44.4 Å². The van der Waals surface area contributed by atoms with Crippen LogP contribution in [0.1, 0.15) is 39.6 Å². The number of aryl methyl sites for hydroxylation is 1. The first-order valence-electron chi connectivity index (χ1n) is 13.1. The van der Waals surface area contributed by atoms with Gasteiger partial charge in [-0.2, -0.15) is 0 Å². The standard InChI is InChI=1S/C29H29N3O7S/c1-36-29(35)39-18-38-27-23(33)10-11-31-26(27)28(34)30-12-13-37-17-24(30)32(31)25-20-7-2-5-19(15-20)6-4-14-40-22-9-3-8-21(25)16-22/h2-3,5,7-11,15-16,24-25H,4,6,12-14,17-18H2,1H3. The van der Waals surface area contributed by atoms with E-state index in [1.165, 1.54) is 23.6 Å².